The number of nitrogens with zero attached hydrogens (tertiary/aromatic N) is 3. The maximum atomic E-state index is 13.0. The monoisotopic (exact) mass is 547 g/mol. The van der Waals surface area contributed by atoms with Gasteiger partial charge in [0.1, 0.15) is 0 Å². The summed E-state index contributed by atoms with van der Waals surface area (Å²) in [5.41, 5.74) is 6.48. The Kier molecular flexibility index (Phi) is 9.16. The molecule has 0 aliphatic carbocycles. The molecule has 0 N–H and O–H groups in total. The highest BCUT2D eigenvalue weighted by atomic mass is 16.7. The van der Waals surface area contributed by atoms with E-state index in [9.17, 15) is 14.4 Å². The second-order valence-electron chi connectivity index (χ2n) is 9.19. The first-order valence-corrected chi connectivity index (χ1v) is 12.9. The van der Waals surface area contributed by atoms with Crippen LogP contribution in [0.4, 0.5) is 17.1 Å². The van der Waals surface area contributed by atoms with Crippen LogP contribution in [0.5, 0.6) is 0 Å². The van der Waals surface area contributed by atoms with Crippen molar-refractivity contribution < 1.29 is 24.1 Å². The zero-order valence-electron chi connectivity index (χ0n) is 23.2. The van der Waals surface area contributed by atoms with Crippen molar-refractivity contribution in [3.63, 3.8) is 0 Å². The summed E-state index contributed by atoms with van der Waals surface area (Å²) in [6, 6.07) is 31.9. The second-order valence-corrected chi connectivity index (χ2v) is 9.19. The minimum atomic E-state index is -0.488. The Morgan fingerprint density at radius 3 is 1.20 bits per heavy atom. The number of rotatable bonds is 9. The smallest absolute Gasteiger partial charge is 0.318 e. The Hall–Kier alpha value is -5.37. The molecule has 0 saturated carbocycles. The summed E-state index contributed by atoms with van der Waals surface area (Å²) in [4.78, 5) is 46.8. The van der Waals surface area contributed by atoms with Gasteiger partial charge < -0.3 is 14.6 Å². The van der Waals surface area contributed by atoms with Crippen molar-refractivity contribution in [3.8, 4) is 0 Å². The summed E-state index contributed by atoms with van der Waals surface area (Å²) in [6.45, 7) is 6.12. The van der Waals surface area contributed by atoms with Gasteiger partial charge in [-0.15, -0.1) is 0 Å². The molecule has 0 saturated heterocycles. The first-order valence-electron chi connectivity index (χ1n) is 12.9. The molecule has 206 valence electrons. The van der Waals surface area contributed by atoms with Gasteiger partial charge in [-0.25, -0.2) is 9.59 Å². The van der Waals surface area contributed by atoms with Crippen molar-refractivity contribution >= 4 is 46.2 Å². The number of oxime groups is 2. The lowest BCUT2D eigenvalue weighted by molar-refractivity contribution is -0.141. The molecule has 41 heavy (non-hydrogen) atoms. The molecule has 0 radical (unpaired) electrons. The van der Waals surface area contributed by atoms with E-state index in [2.05, 4.69) is 10.3 Å². The van der Waals surface area contributed by atoms with E-state index in [0.717, 1.165) is 28.2 Å². The molecule has 0 atom stereocenters. The van der Waals surface area contributed by atoms with E-state index in [1.165, 1.54) is 13.8 Å². The van der Waals surface area contributed by atoms with Crippen molar-refractivity contribution in [1.29, 1.82) is 0 Å². The first-order chi connectivity index (χ1) is 19.7. The molecule has 0 fully saturated rings. The lowest BCUT2D eigenvalue weighted by atomic mass is 10.0. The second kappa shape index (κ2) is 13.1. The zero-order chi connectivity index (χ0) is 29.4. The van der Waals surface area contributed by atoms with Crippen molar-refractivity contribution in [3.05, 3.63) is 125 Å². The predicted octanol–water partition coefficient (Wildman–Crippen LogP) is 6.96. The van der Waals surface area contributed by atoms with Gasteiger partial charge in [-0.2, -0.15) is 0 Å². The molecular formula is C33H29N3O5. The van der Waals surface area contributed by atoms with E-state index < -0.39 is 11.9 Å². The van der Waals surface area contributed by atoms with Crippen molar-refractivity contribution in [2.45, 2.75) is 27.7 Å². The van der Waals surface area contributed by atoms with Gasteiger partial charge in [-0.1, -0.05) is 64.9 Å². The number of hydrogen-bond acceptors (Lipinski definition) is 8. The van der Waals surface area contributed by atoms with E-state index in [1.54, 1.807) is 26.0 Å². The summed E-state index contributed by atoms with van der Waals surface area (Å²) in [6.07, 6.45) is 0. The van der Waals surface area contributed by atoms with Crippen LogP contribution in [0.3, 0.4) is 0 Å². The normalized spacial score (nSPS) is 11.5. The van der Waals surface area contributed by atoms with Crippen molar-refractivity contribution in [1.82, 2.24) is 0 Å². The largest absolute Gasteiger partial charge is 0.331 e. The molecule has 8 nitrogen and oxygen atoms in total. The van der Waals surface area contributed by atoms with Crippen LogP contribution in [0.2, 0.25) is 0 Å². The van der Waals surface area contributed by atoms with Crippen LogP contribution in [0.1, 0.15) is 54.7 Å². The van der Waals surface area contributed by atoms with Gasteiger partial charge >= 0.3 is 11.9 Å². The van der Waals surface area contributed by atoms with Gasteiger partial charge in [-0.05, 0) is 73.5 Å². The third-order valence-corrected chi connectivity index (χ3v) is 6.13. The highest BCUT2D eigenvalue weighted by molar-refractivity contribution is 6.09. The van der Waals surface area contributed by atoms with Gasteiger partial charge in [0, 0.05) is 42.0 Å². The lowest BCUT2D eigenvalue weighted by Gasteiger charge is -2.26. The molecule has 4 aromatic rings. The van der Waals surface area contributed by atoms with Gasteiger partial charge in [0.25, 0.3) is 0 Å². The number of carbonyl (C=O) groups is 3. The van der Waals surface area contributed by atoms with E-state index in [1.807, 2.05) is 95.9 Å². The molecule has 0 bridgehead atoms. The standard InChI is InChI=1S/C33H29N3O5/c1-22(34-40-24(3)37)26-10-16-30(17-11-26)36(31-18-12-27(13-19-31)23(2)35-41-25(4)38)32-20-14-29(15-21-32)33(39)28-8-6-5-7-9-28/h5-21H,1-4H3. The Morgan fingerprint density at radius 1 is 0.488 bits per heavy atom. The molecule has 0 heterocycles. The highest BCUT2D eigenvalue weighted by Gasteiger charge is 2.15. The Bertz CT molecular complexity index is 1520. The minimum absolute atomic E-state index is 0.0532. The Labute approximate surface area is 238 Å². The fourth-order valence-electron chi connectivity index (χ4n) is 4.04. The molecule has 8 heteroatoms. The average Bonchev–Trinajstić information content (AvgIpc) is 3.00. The van der Waals surface area contributed by atoms with E-state index in [0.29, 0.717) is 22.6 Å². The molecule has 0 amide bonds. The van der Waals surface area contributed by atoms with Crippen molar-refractivity contribution in [2.24, 2.45) is 10.3 Å². The average molecular weight is 548 g/mol. The summed E-state index contributed by atoms with van der Waals surface area (Å²) < 4.78 is 0. The molecule has 0 spiro atoms. The van der Waals surface area contributed by atoms with Gasteiger partial charge in [-0.3, -0.25) is 4.79 Å². The third kappa shape index (κ3) is 7.39. The third-order valence-electron chi connectivity index (χ3n) is 6.13. The van der Waals surface area contributed by atoms with Crippen LogP contribution < -0.4 is 4.90 Å². The number of ketones is 1. The lowest BCUT2D eigenvalue weighted by Crippen LogP contribution is -2.11. The number of hydrogen-bond donors (Lipinski definition) is 0. The molecular weight excluding hydrogens is 518 g/mol. The van der Waals surface area contributed by atoms with E-state index in [-0.39, 0.29) is 5.78 Å². The van der Waals surface area contributed by atoms with E-state index >= 15 is 0 Å². The van der Waals surface area contributed by atoms with Gasteiger partial charge in [0.15, 0.2) is 5.78 Å². The first kappa shape index (κ1) is 28.6. The topological polar surface area (TPSA) is 97.6 Å². The van der Waals surface area contributed by atoms with Crippen LogP contribution in [0.25, 0.3) is 0 Å². The van der Waals surface area contributed by atoms with Gasteiger partial charge in [0.05, 0.1) is 11.4 Å². The number of carbonyl (C=O) groups excluding carboxylic acids is 3. The summed E-state index contributed by atoms with van der Waals surface area (Å²) in [5.74, 6) is -1.03. The summed E-state index contributed by atoms with van der Waals surface area (Å²) in [5, 5.41) is 7.73. The molecule has 4 rings (SSSR count). The maximum Gasteiger partial charge on any atom is 0.331 e. The Balaban J connectivity index is 1.70. The maximum absolute atomic E-state index is 13.0. The fourth-order valence-corrected chi connectivity index (χ4v) is 4.04. The van der Waals surface area contributed by atoms with Crippen LogP contribution in [-0.4, -0.2) is 29.1 Å². The quantitative estimate of drug-likeness (QED) is 0.0972. The summed E-state index contributed by atoms with van der Waals surface area (Å²) in [7, 11) is 0. The number of anilines is 3. The molecule has 0 aromatic heterocycles. The minimum Gasteiger partial charge on any atom is -0.318 e. The van der Waals surface area contributed by atoms with E-state index in [4.69, 9.17) is 9.68 Å². The van der Waals surface area contributed by atoms with Crippen LogP contribution >= 0.6 is 0 Å². The molecule has 0 aliphatic rings. The Morgan fingerprint density at radius 2 is 0.829 bits per heavy atom. The number of benzene rings is 4. The predicted molar refractivity (Wildman–Crippen MR) is 159 cm³/mol. The highest BCUT2D eigenvalue weighted by Crippen LogP contribution is 2.35. The fraction of sp³-hybridized carbons (Fsp3) is 0.121. The van der Waals surface area contributed by atoms with Gasteiger partial charge in [0.2, 0.25) is 0 Å². The summed E-state index contributed by atoms with van der Waals surface area (Å²) >= 11 is 0. The molecule has 4 aromatic carbocycles. The van der Waals surface area contributed by atoms with Crippen LogP contribution in [-0.2, 0) is 19.3 Å². The van der Waals surface area contributed by atoms with Crippen LogP contribution in [0, 0.1) is 0 Å². The molecule has 0 aliphatic heterocycles. The van der Waals surface area contributed by atoms with Crippen LogP contribution in [0.15, 0.2) is 113 Å². The SMILES string of the molecule is CC(=O)ON=C(C)c1ccc(N(c2ccc(C(=O)c3ccccc3)cc2)c2ccc(C(C)=NOC(C)=O)cc2)cc1. The molecule has 0 unspecified atom stereocenters. The van der Waals surface area contributed by atoms with Crippen molar-refractivity contribution in [2.75, 3.05) is 4.90 Å². The zero-order valence-corrected chi connectivity index (χ0v) is 23.2.